The normalized spacial score (nSPS) is 19.3. The zero-order valence-corrected chi connectivity index (χ0v) is 13.9. The molecule has 6 heteroatoms. The van der Waals surface area contributed by atoms with Gasteiger partial charge in [-0.2, -0.15) is 5.10 Å². The summed E-state index contributed by atoms with van der Waals surface area (Å²) in [6.07, 6.45) is 2.66. The van der Waals surface area contributed by atoms with Crippen LogP contribution in [0.15, 0.2) is 39.9 Å². The molecule has 2 atom stereocenters. The number of amides is 1. The first-order chi connectivity index (χ1) is 11.6. The molecule has 24 heavy (non-hydrogen) atoms. The minimum atomic E-state index is -0.338. The number of methoxy groups -OCH3 is 2. The van der Waals surface area contributed by atoms with Gasteiger partial charge in [0.2, 0.25) is 0 Å². The predicted octanol–water partition coefficient (Wildman–Crippen LogP) is 3.18. The van der Waals surface area contributed by atoms with Gasteiger partial charge in [0.25, 0.3) is 5.91 Å². The van der Waals surface area contributed by atoms with Crippen molar-refractivity contribution in [1.82, 2.24) is 5.43 Å². The van der Waals surface area contributed by atoms with E-state index in [9.17, 15) is 4.79 Å². The molecule has 0 aliphatic heterocycles. The van der Waals surface area contributed by atoms with E-state index < -0.39 is 0 Å². The van der Waals surface area contributed by atoms with Crippen LogP contribution >= 0.6 is 0 Å². The molecule has 2 aromatic rings. The van der Waals surface area contributed by atoms with Gasteiger partial charge < -0.3 is 13.9 Å². The molecule has 1 saturated carbocycles. The average molecular weight is 328 g/mol. The molecule has 1 amide bonds. The van der Waals surface area contributed by atoms with Crippen LogP contribution in [-0.2, 0) is 0 Å². The first-order valence-corrected chi connectivity index (χ1v) is 7.77. The average Bonchev–Trinajstić information content (AvgIpc) is 3.15. The Morgan fingerprint density at radius 3 is 2.67 bits per heavy atom. The zero-order valence-electron chi connectivity index (χ0n) is 13.9. The Morgan fingerprint density at radius 2 is 2.00 bits per heavy atom. The maximum absolute atomic E-state index is 12.1. The summed E-state index contributed by atoms with van der Waals surface area (Å²) >= 11 is 0. The molecule has 6 nitrogen and oxygen atoms in total. The van der Waals surface area contributed by atoms with Crippen LogP contribution in [0.5, 0.6) is 11.5 Å². The number of benzene rings is 1. The second-order valence-corrected chi connectivity index (χ2v) is 5.83. The number of furan rings is 1. The van der Waals surface area contributed by atoms with Crippen molar-refractivity contribution in [1.29, 1.82) is 0 Å². The Labute approximate surface area is 140 Å². The fourth-order valence-electron chi connectivity index (χ4n) is 2.55. The summed E-state index contributed by atoms with van der Waals surface area (Å²) < 4.78 is 16.0. The molecule has 3 rings (SSSR count). The van der Waals surface area contributed by atoms with Crippen LogP contribution in [0.25, 0.3) is 0 Å². The number of hydrogen-bond acceptors (Lipinski definition) is 5. The van der Waals surface area contributed by atoms with Crippen molar-refractivity contribution in [2.24, 2.45) is 11.0 Å². The van der Waals surface area contributed by atoms with Crippen LogP contribution in [0.2, 0.25) is 0 Å². The molecule has 1 aromatic carbocycles. The van der Waals surface area contributed by atoms with Crippen LogP contribution in [0.1, 0.15) is 41.1 Å². The highest BCUT2D eigenvalue weighted by molar-refractivity contribution is 5.95. The standard InChI is InChI=1S/C18H20N2O4/c1-11-8-14(11)15-7-5-13(24-15)10-19-20-18(21)12-4-6-16(22-2)17(9-12)23-3/h4-7,9-11,14H,8H2,1-3H3,(H,20,21)/b19-10-/t11-,14+/m0/s1. The highest BCUT2D eigenvalue weighted by Gasteiger charge is 2.36. The van der Waals surface area contributed by atoms with Gasteiger partial charge in [-0.15, -0.1) is 0 Å². The largest absolute Gasteiger partial charge is 0.493 e. The molecular weight excluding hydrogens is 308 g/mol. The maximum Gasteiger partial charge on any atom is 0.271 e. The van der Waals surface area contributed by atoms with E-state index in [0.29, 0.717) is 34.7 Å². The zero-order chi connectivity index (χ0) is 17.1. The fraction of sp³-hybridized carbons (Fsp3) is 0.333. The summed E-state index contributed by atoms with van der Waals surface area (Å²) in [7, 11) is 3.06. The van der Waals surface area contributed by atoms with E-state index in [1.165, 1.54) is 19.7 Å². The number of hydrazone groups is 1. The third-order valence-corrected chi connectivity index (χ3v) is 4.13. The predicted molar refractivity (Wildman–Crippen MR) is 89.8 cm³/mol. The third kappa shape index (κ3) is 3.42. The molecule has 1 heterocycles. The SMILES string of the molecule is COc1ccc(C(=O)N/N=C\c2ccc([C@@H]3C[C@@H]3C)o2)cc1OC. The molecule has 0 bridgehead atoms. The van der Waals surface area contributed by atoms with Crippen LogP contribution in [-0.4, -0.2) is 26.3 Å². The van der Waals surface area contributed by atoms with E-state index in [0.717, 1.165) is 5.76 Å². The van der Waals surface area contributed by atoms with Gasteiger partial charge in [-0.25, -0.2) is 5.43 Å². The van der Waals surface area contributed by atoms with Gasteiger partial charge in [0.15, 0.2) is 11.5 Å². The van der Waals surface area contributed by atoms with E-state index in [4.69, 9.17) is 13.9 Å². The monoisotopic (exact) mass is 328 g/mol. The van der Waals surface area contributed by atoms with Crippen molar-refractivity contribution in [3.05, 3.63) is 47.4 Å². The maximum atomic E-state index is 12.1. The van der Waals surface area contributed by atoms with Gasteiger partial charge in [0.1, 0.15) is 11.5 Å². The van der Waals surface area contributed by atoms with Gasteiger partial charge in [-0.05, 0) is 42.7 Å². The lowest BCUT2D eigenvalue weighted by Crippen LogP contribution is -2.17. The van der Waals surface area contributed by atoms with E-state index in [1.54, 1.807) is 25.3 Å². The number of hydrogen-bond donors (Lipinski definition) is 1. The molecular formula is C18H20N2O4. The van der Waals surface area contributed by atoms with Gasteiger partial charge in [-0.1, -0.05) is 6.92 Å². The molecule has 1 aromatic heterocycles. The van der Waals surface area contributed by atoms with Crippen LogP contribution in [0.3, 0.4) is 0 Å². The second-order valence-electron chi connectivity index (χ2n) is 5.83. The molecule has 1 aliphatic rings. The van der Waals surface area contributed by atoms with Crippen molar-refractivity contribution in [2.75, 3.05) is 14.2 Å². The molecule has 0 saturated heterocycles. The number of nitrogens with zero attached hydrogens (tertiary/aromatic N) is 1. The summed E-state index contributed by atoms with van der Waals surface area (Å²) in [5.74, 6) is 3.53. The first kappa shape index (κ1) is 16.1. The van der Waals surface area contributed by atoms with Gasteiger partial charge in [0, 0.05) is 11.5 Å². The number of nitrogens with one attached hydrogen (secondary N) is 1. The smallest absolute Gasteiger partial charge is 0.271 e. The molecule has 0 radical (unpaired) electrons. The quantitative estimate of drug-likeness (QED) is 0.653. The molecule has 1 aliphatic carbocycles. The van der Waals surface area contributed by atoms with Crippen LogP contribution in [0, 0.1) is 5.92 Å². The van der Waals surface area contributed by atoms with Gasteiger partial charge >= 0.3 is 0 Å². The number of ether oxygens (including phenoxy) is 2. The summed E-state index contributed by atoms with van der Waals surface area (Å²) in [5, 5.41) is 3.94. The Hall–Kier alpha value is -2.76. The lowest BCUT2D eigenvalue weighted by Gasteiger charge is -2.08. The minimum absolute atomic E-state index is 0.338. The lowest BCUT2D eigenvalue weighted by atomic mass is 10.2. The summed E-state index contributed by atoms with van der Waals surface area (Å²) in [5.41, 5.74) is 2.90. The van der Waals surface area contributed by atoms with Crippen molar-refractivity contribution in [2.45, 2.75) is 19.3 Å². The topological polar surface area (TPSA) is 73.1 Å². The third-order valence-electron chi connectivity index (χ3n) is 4.13. The molecule has 0 unspecified atom stereocenters. The van der Waals surface area contributed by atoms with Gasteiger partial charge in [0.05, 0.1) is 20.4 Å². The Morgan fingerprint density at radius 1 is 1.25 bits per heavy atom. The highest BCUT2D eigenvalue weighted by Crippen LogP contribution is 2.47. The lowest BCUT2D eigenvalue weighted by molar-refractivity contribution is 0.0954. The Bertz CT molecular complexity index is 766. The Kier molecular flexibility index (Phi) is 4.55. The van der Waals surface area contributed by atoms with E-state index >= 15 is 0 Å². The summed E-state index contributed by atoms with van der Waals surface area (Å²) in [6.45, 7) is 2.20. The van der Waals surface area contributed by atoms with Crippen molar-refractivity contribution in [3.8, 4) is 11.5 Å². The minimum Gasteiger partial charge on any atom is -0.493 e. The van der Waals surface area contributed by atoms with Crippen molar-refractivity contribution < 1.29 is 18.7 Å². The van der Waals surface area contributed by atoms with Gasteiger partial charge in [-0.3, -0.25) is 4.79 Å². The molecule has 0 spiro atoms. The van der Waals surface area contributed by atoms with Crippen molar-refractivity contribution in [3.63, 3.8) is 0 Å². The molecule has 126 valence electrons. The number of carbonyl (C=O) groups is 1. The summed E-state index contributed by atoms with van der Waals surface area (Å²) in [6, 6.07) is 8.74. The molecule has 1 fully saturated rings. The van der Waals surface area contributed by atoms with Crippen molar-refractivity contribution >= 4 is 12.1 Å². The number of carbonyl (C=O) groups excluding carboxylic acids is 1. The number of rotatable bonds is 6. The van der Waals surface area contributed by atoms with Crippen LogP contribution < -0.4 is 14.9 Å². The fourth-order valence-corrected chi connectivity index (χ4v) is 2.55. The second kappa shape index (κ2) is 6.78. The first-order valence-electron chi connectivity index (χ1n) is 7.77. The highest BCUT2D eigenvalue weighted by atomic mass is 16.5. The van der Waals surface area contributed by atoms with E-state index in [1.807, 2.05) is 12.1 Å². The van der Waals surface area contributed by atoms with E-state index in [2.05, 4.69) is 17.5 Å². The van der Waals surface area contributed by atoms with Crippen LogP contribution in [0.4, 0.5) is 0 Å². The summed E-state index contributed by atoms with van der Waals surface area (Å²) in [4.78, 5) is 12.1. The Balaban J connectivity index is 1.61. The van der Waals surface area contributed by atoms with E-state index in [-0.39, 0.29) is 5.91 Å². The molecule has 1 N–H and O–H groups in total.